The molecule has 0 N–H and O–H groups in total. The van der Waals surface area contributed by atoms with Gasteiger partial charge in [-0.05, 0) is 24.1 Å². The average molecular weight is 255 g/mol. The Kier molecular flexibility index (Phi) is 2.92. The minimum absolute atomic E-state index is 0.0503. The summed E-state index contributed by atoms with van der Waals surface area (Å²) in [4.78, 5) is 4.35. The van der Waals surface area contributed by atoms with Crippen LogP contribution >= 0.6 is 0 Å². The predicted octanol–water partition coefficient (Wildman–Crippen LogP) is 2.30. The molecule has 1 aromatic carbocycles. The highest BCUT2D eigenvalue weighted by atomic mass is 16.5. The second-order valence-electron chi connectivity index (χ2n) is 4.65. The second-order valence-corrected chi connectivity index (χ2v) is 4.65. The molecule has 96 valence electrons. The van der Waals surface area contributed by atoms with Gasteiger partial charge < -0.3 is 9.26 Å². The first-order valence-corrected chi connectivity index (χ1v) is 6.15. The smallest absolute Gasteiger partial charge is 0.231 e. The molecule has 1 aromatic heterocycles. The van der Waals surface area contributed by atoms with Crippen molar-refractivity contribution >= 4 is 0 Å². The van der Waals surface area contributed by atoms with Crippen molar-refractivity contribution in [2.24, 2.45) is 5.92 Å². The number of nitriles is 1. The first-order chi connectivity index (χ1) is 9.30. The van der Waals surface area contributed by atoms with Crippen LogP contribution in [-0.2, 0) is 6.42 Å². The number of aromatic nitrogens is 2. The van der Waals surface area contributed by atoms with Gasteiger partial charge in [-0.3, -0.25) is 0 Å². The normalized spacial score (nSPS) is 20.8. The lowest BCUT2D eigenvalue weighted by atomic mass is 10.1. The number of ether oxygens (including phenoxy) is 1. The highest BCUT2D eigenvalue weighted by molar-refractivity contribution is 5.28. The maximum absolute atomic E-state index is 8.78. The van der Waals surface area contributed by atoms with Crippen molar-refractivity contribution in [3.63, 3.8) is 0 Å². The average Bonchev–Trinajstić information content (AvgIpc) is 3.11. The lowest BCUT2D eigenvalue weighted by Gasteiger charge is -2.00. The van der Waals surface area contributed by atoms with Crippen LogP contribution in [0.25, 0.3) is 0 Å². The van der Waals surface area contributed by atoms with Gasteiger partial charge in [0.25, 0.3) is 0 Å². The number of methoxy groups -OCH3 is 1. The Labute approximate surface area is 110 Å². The molecule has 1 heterocycles. The van der Waals surface area contributed by atoms with Gasteiger partial charge >= 0.3 is 0 Å². The van der Waals surface area contributed by atoms with Crippen LogP contribution in [-0.4, -0.2) is 17.3 Å². The molecule has 5 heteroatoms. The van der Waals surface area contributed by atoms with Crippen molar-refractivity contribution in [1.82, 2.24) is 10.1 Å². The van der Waals surface area contributed by atoms with E-state index in [2.05, 4.69) is 16.2 Å². The zero-order chi connectivity index (χ0) is 13.2. The Morgan fingerprint density at radius 2 is 2.21 bits per heavy atom. The fourth-order valence-electron chi connectivity index (χ4n) is 2.03. The van der Waals surface area contributed by atoms with Crippen LogP contribution in [0.15, 0.2) is 28.8 Å². The van der Waals surface area contributed by atoms with Crippen LogP contribution in [0.1, 0.15) is 29.6 Å². The van der Waals surface area contributed by atoms with Gasteiger partial charge in [-0.15, -0.1) is 0 Å². The van der Waals surface area contributed by atoms with Crippen molar-refractivity contribution in [3.05, 3.63) is 41.5 Å². The third-order valence-corrected chi connectivity index (χ3v) is 3.28. The van der Waals surface area contributed by atoms with E-state index < -0.39 is 0 Å². The number of nitrogens with zero attached hydrogens (tertiary/aromatic N) is 3. The van der Waals surface area contributed by atoms with Gasteiger partial charge in [0.2, 0.25) is 5.89 Å². The third kappa shape index (κ3) is 2.43. The molecule has 0 aliphatic heterocycles. The van der Waals surface area contributed by atoms with E-state index in [4.69, 9.17) is 14.5 Å². The van der Waals surface area contributed by atoms with Crippen LogP contribution in [0.4, 0.5) is 0 Å². The maximum atomic E-state index is 8.78. The molecule has 0 saturated heterocycles. The van der Waals surface area contributed by atoms with E-state index in [9.17, 15) is 0 Å². The van der Waals surface area contributed by atoms with Gasteiger partial charge in [-0.2, -0.15) is 10.2 Å². The fourth-order valence-corrected chi connectivity index (χ4v) is 2.03. The molecule has 0 spiro atoms. The van der Waals surface area contributed by atoms with Crippen molar-refractivity contribution in [3.8, 4) is 11.8 Å². The molecule has 1 fully saturated rings. The first kappa shape index (κ1) is 11.7. The van der Waals surface area contributed by atoms with Crippen LogP contribution < -0.4 is 4.74 Å². The van der Waals surface area contributed by atoms with Crippen molar-refractivity contribution in [1.29, 1.82) is 5.26 Å². The molecule has 0 radical (unpaired) electrons. The highest BCUT2D eigenvalue weighted by Gasteiger charge is 2.43. The van der Waals surface area contributed by atoms with Crippen LogP contribution in [0, 0.1) is 17.2 Å². The quantitative estimate of drug-likeness (QED) is 0.838. The lowest BCUT2D eigenvalue weighted by molar-refractivity contribution is 0.373. The topological polar surface area (TPSA) is 71.9 Å². The summed E-state index contributed by atoms with van der Waals surface area (Å²) in [7, 11) is 1.64. The van der Waals surface area contributed by atoms with E-state index in [0.29, 0.717) is 18.1 Å². The summed E-state index contributed by atoms with van der Waals surface area (Å²) in [5, 5.41) is 12.7. The molecule has 2 atom stereocenters. The van der Waals surface area contributed by atoms with Gasteiger partial charge in [-0.25, -0.2) is 0 Å². The van der Waals surface area contributed by atoms with Gasteiger partial charge in [0.05, 0.1) is 25.0 Å². The van der Waals surface area contributed by atoms with E-state index in [0.717, 1.165) is 17.7 Å². The van der Waals surface area contributed by atoms with Crippen LogP contribution in [0.5, 0.6) is 5.75 Å². The molecule has 1 saturated carbocycles. The molecule has 2 aromatic rings. The van der Waals surface area contributed by atoms with Crippen molar-refractivity contribution < 1.29 is 9.26 Å². The van der Waals surface area contributed by atoms with Crippen molar-refractivity contribution in [2.75, 3.05) is 7.11 Å². The summed E-state index contributed by atoms with van der Waals surface area (Å²) >= 11 is 0. The minimum atomic E-state index is 0.0503. The molecule has 1 aliphatic rings. The number of hydrogen-bond donors (Lipinski definition) is 0. The Hall–Kier alpha value is -2.35. The molecule has 3 rings (SSSR count). The van der Waals surface area contributed by atoms with Crippen molar-refractivity contribution in [2.45, 2.75) is 18.8 Å². The number of hydrogen-bond acceptors (Lipinski definition) is 5. The van der Waals surface area contributed by atoms with E-state index in [1.54, 1.807) is 7.11 Å². The lowest BCUT2D eigenvalue weighted by Crippen LogP contribution is -1.92. The van der Waals surface area contributed by atoms with Crippen LogP contribution in [0.2, 0.25) is 0 Å². The van der Waals surface area contributed by atoms with Gasteiger partial charge in [0.15, 0.2) is 5.82 Å². The molecular formula is C14H13N3O2. The molecule has 5 nitrogen and oxygen atoms in total. The fraction of sp³-hybridized carbons (Fsp3) is 0.357. The molecule has 19 heavy (non-hydrogen) atoms. The standard InChI is InChI=1S/C14H13N3O2/c1-18-11-4-2-9(3-5-11)6-13-16-14(19-17-13)12-7-10(12)8-15/h2-5,10,12H,6-7H2,1H3. The minimum Gasteiger partial charge on any atom is -0.497 e. The predicted molar refractivity (Wildman–Crippen MR) is 66.6 cm³/mol. The van der Waals surface area contributed by atoms with Gasteiger partial charge in [-0.1, -0.05) is 17.3 Å². The highest BCUT2D eigenvalue weighted by Crippen LogP contribution is 2.46. The monoisotopic (exact) mass is 255 g/mol. The molecular weight excluding hydrogens is 242 g/mol. The van der Waals surface area contributed by atoms with E-state index >= 15 is 0 Å². The van der Waals surface area contributed by atoms with E-state index in [1.807, 2.05) is 24.3 Å². The first-order valence-electron chi connectivity index (χ1n) is 6.15. The summed E-state index contributed by atoms with van der Waals surface area (Å²) in [6, 6.07) is 9.98. The Balaban J connectivity index is 1.68. The summed E-state index contributed by atoms with van der Waals surface area (Å²) in [5.41, 5.74) is 1.10. The Morgan fingerprint density at radius 1 is 1.42 bits per heavy atom. The van der Waals surface area contributed by atoms with Gasteiger partial charge in [0, 0.05) is 6.42 Å². The summed E-state index contributed by atoms with van der Waals surface area (Å²) in [6.45, 7) is 0. The number of rotatable bonds is 4. The maximum Gasteiger partial charge on any atom is 0.231 e. The zero-order valence-corrected chi connectivity index (χ0v) is 10.5. The largest absolute Gasteiger partial charge is 0.497 e. The summed E-state index contributed by atoms with van der Waals surface area (Å²) < 4.78 is 10.3. The van der Waals surface area contributed by atoms with E-state index in [1.165, 1.54) is 0 Å². The summed E-state index contributed by atoms with van der Waals surface area (Å²) in [6.07, 6.45) is 1.46. The van der Waals surface area contributed by atoms with Gasteiger partial charge in [0.1, 0.15) is 5.75 Å². The van der Waals surface area contributed by atoms with E-state index in [-0.39, 0.29) is 11.8 Å². The molecule has 2 unspecified atom stereocenters. The third-order valence-electron chi connectivity index (χ3n) is 3.28. The Morgan fingerprint density at radius 3 is 2.84 bits per heavy atom. The molecule has 0 bridgehead atoms. The SMILES string of the molecule is COc1ccc(Cc2noc(C3CC3C#N)n2)cc1. The summed E-state index contributed by atoms with van der Waals surface area (Å²) in [5.74, 6) is 2.27. The Bertz CT molecular complexity index is 612. The number of benzene rings is 1. The second kappa shape index (κ2) is 4.73. The zero-order valence-electron chi connectivity index (χ0n) is 10.5. The molecule has 0 amide bonds. The molecule has 1 aliphatic carbocycles. The van der Waals surface area contributed by atoms with Crippen LogP contribution in [0.3, 0.4) is 0 Å².